The van der Waals surface area contributed by atoms with Crippen molar-refractivity contribution in [1.29, 1.82) is 0 Å². The summed E-state index contributed by atoms with van der Waals surface area (Å²) in [6, 6.07) is 10.7. The van der Waals surface area contributed by atoms with Gasteiger partial charge in [0.2, 0.25) is 5.88 Å². The van der Waals surface area contributed by atoms with Crippen molar-refractivity contribution in [3.63, 3.8) is 0 Å². The van der Waals surface area contributed by atoms with Gasteiger partial charge in [-0.15, -0.1) is 0 Å². The lowest BCUT2D eigenvalue weighted by Gasteiger charge is -2.08. The Balaban J connectivity index is 2.19. The molecule has 0 saturated carbocycles. The topological polar surface area (TPSA) is 51.2 Å². The number of nitrogens with zero attached hydrogens (tertiary/aromatic N) is 1. The van der Waals surface area contributed by atoms with E-state index < -0.39 is 0 Å². The third-order valence-corrected chi connectivity index (χ3v) is 2.84. The standard InChI is InChI=1S/C13H11BrN2O2/c1-18-13-11(3-2-8-15-13)12(17)16-10-6-4-9(14)5-7-10/h2-8H,1H3,(H,16,17). The van der Waals surface area contributed by atoms with E-state index in [4.69, 9.17) is 4.74 Å². The maximum atomic E-state index is 12.0. The number of rotatable bonds is 3. The zero-order chi connectivity index (χ0) is 13.0. The zero-order valence-corrected chi connectivity index (χ0v) is 11.3. The highest BCUT2D eigenvalue weighted by Crippen LogP contribution is 2.18. The van der Waals surface area contributed by atoms with E-state index in [0.29, 0.717) is 17.1 Å². The van der Waals surface area contributed by atoms with E-state index in [-0.39, 0.29) is 5.91 Å². The summed E-state index contributed by atoms with van der Waals surface area (Å²) in [6.07, 6.45) is 1.58. The lowest BCUT2D eigenvalue weighted by molar-refractivity contribution is 0.102. The van der Waals surface area contributed by atoms with Crippen LogP contribution in [0.2, 0.25) is 0 Å². The van der Waals surface area contributed by atoms with Crippen molar-refractivity contribution in [3.8, 4) is 5.88 Å². The summed E-state index contributed by atoms with van der Waals surface area (Å²) in [5.41, 5.74) is 1.12. The van der Waals surface area contributed by atoms with Crippen LogP contribution in [0, 0.1) is 0 Å². The number of methoxy groups -OCH3 is 1. The van der Waals surface area contributed by atoms with Crippen molar-refractivity contribution in [1.82, 2.24) is 4.98 Å². The summed E-state index contributed by atoms with van der Waals surface area (Å²) in [6.45, 7) is 0. The highest BCUT2D eigenvalue weighted by atomic mass is 79.9. The number of benzene rings is 1. The molecule has 0 spiro atoms. The van der Waals surface area contributed by atoms with Crippen LogP contribution >= 0.6 is 15.9 Å². The van der Waals surface area contributed by atoms with Gasteiger partial charge in [0.1, 0.15) is 5.56 Å². The minimum atomic E-state index is -0.248. The minimum Gasteiger partial charge on any atom is -0.480 e. The van der Waals surface area contributed by atoms with Crippen LogP contribution in [0.3, 0.4) is 0 Å². The second-order valence-corrected chi connectivity index (χ2v) is 4.44. The normalized spacial score (nSPS) is 9.89. The van der Waals surface area contributed by atoms with E-state index in [1.807, 2.05) is 24.3 Å². The molecule has 1 N–H and O–H groups in total. The van der Waals surface area contributed by atoms with Crippen molar-refractivity contribution < 1.29 is 9.53 Å². The molecule has 1 aromatic heterocycles. The van der Waals surface area contributed by atoms with E-state index in [1.54, 1.807) is 18.3 Å². The average Bonchev–Trinajstić information content (AvgIpc) is 2.41. The number of carbonyl (C=O) groups excluding carboxylic acids is 1. The van der Waals surface area contributed by atoms with Gasteiger partial charge in [-0.2, -0.15) is 0 Å². The van der Waals surface area contributed by atoms with Gasteiger partial charge in [-0.1, -0.05) is 15.9 Å². The molecule has 18 heavy (non-hydrogen) atoms. The Labute approximate surface area is 113 Å². The zero-order valence-electron chi connectivity index (χ0n) is 9.68. The van der Waals surface area contributed by atoms with Gasteiger partial charge < -0.3 is 10.1 Å². The summed E-state index contributed by atoms with van der Waals surface area (Å²) in [5, 5.41) is 2.78. The number of amides is 1. The Kier molecular flexibility index (Phi) is 3.94. The number of hydrogen-bond donors (Lipinski definition) is 1. The summed E-state index contributed by atoms with van der Waals surface area (Å²) < 4.78 is 6.00. The Bertz CT molecular complexity index is 555. The molecule has 0 aliphatic rings. The van der Waals surface area contributed by atoms with Crippen molar-refractivity contribution in [2.45, 2.75) is 0 Å². The van der Waals surface area contributed by atoms with Gasteiger partial charge in [0.05, 0.1) is 7.11 Å². The molecular weight excluding hydrogens is 296 g/mol. The number of carbonyl (C=O) groups is 1. The molecule has 1 amide bonds. The van der Waals surface area contributed by atoms with Crippen LogP contribution in [0.15, 0.2) is 47.1 Å². The number of hydrogen-bond acceptors (Lipinski definition) is 3. The first-order valence-electron chi connectivity index (χ1n) is 5.26. The smallest absolute Gasteiger partial charge is 0.261 e. The predicted octanol–water partition coefficient (Wildman–Crippen LogP) is 3.11. The Morgan fingerprint density at radius 1 is 1.28 bits per heavy atom. The molecule has 0 radical (unpaired) electrons. The molecule has 0 unspecified atom stereocenters. The Hall–Kier alpha value is -1.88. The first kappa shape index (κ1) is 12.6. The van der Waals surface area contributed by atoms with Crippen molar-refractivity contribution in [2.24, 2.45) is 0 Å². The first-order valence-corrected chi connectivity index (χ1v) is 6.06. The third-order valence-electron chi connectivity index (χ3n) is 2.31. The van der Waals surface area contributed by atoms with E-state index in [1.165, 1.54) is 7.11 Å². The van der Waals surface area contributed by atoms with Crippen LogP contribution in [0.1, 0.15) is 10.4 Å². The average molecular weight is 307 g/mol. The fourth-order valence-corrected chi connectivity index (χ4v) is 1.72. The molecule has 1 heterocycles. The summed E-state index contributed by atoms with van der Waals surface area (Å²) in [5.74, 6) is 0.0642. The van der Waals surface area contributed by atoms with E-state index in [9.17, 15) is 4.79 Å². The fraction of sp³-hybridized carbons (Fsp3) is 0.0769. The van der Waals surface area contributed by atoms with Gasteiger partial charge in [-0.25, -0.2) is 4.98 Å². The van der Waals surface area contributed by atoms with Gasteiger partial charge in [-0.05, 0) is 36.4 Å². The molecule has 1 aromatic carbocycles. The largest absolute Gasteiger partial charge is 0.480 e. The SMILES string of the molecule is COc1ncccc1C(=O)Nc1ccc(Br)cc1. The quantitative estimate of drug-likeness (QED) is 0.948. The van der Waals surface area contributed by atoms with Crippen LogP contribution in [0.4, 0.5) is 5.69 Å². The highest BCUT2D eigenvalue weighted by molar-refractivity contribution is 9.10. The molecule has 0 fully saturated rings. The van der Waals surface area contributed by atoms with E-state index in [0.717, 1.165) is 4.47 Å². The monoisotopic (exact) mass is 306 g/mol. The van der Waals surface area contributed by atoms with Crippen molar-refractivity contribution in [3.05, 3.63) is 52.6 Å². The molecule has 4 nitrogen and oxygen atoms in total. The predicted molar refractivity (Wildman–Crippen MR) is 72.9 cm³/mol. The molecule has 0 aliphatic heterocycles. The second-order valence-electron chi connectivity index (χ2n) is 3.52. The lowest BCUT2D eigenvalue weighted by atomic mass is 10.2. The molecule has 0 aliphatic carbocycles. The number of nitrogens with one attached hydrogen (secondary N) is 1. The van der Waals surface area contributed by atoms with Crippen molar-refractivity contribution in [2.75, 3.05) is 12.4 Å². The third kappa shape index (κ3) is 2.87. The van der Waals surface area contributed by atoms with Gasteiger partial charge in [0, 0.05) is 16.4 Å². The molecule has 0 atom stereocenters. The van der Waals surface area contributed by atoms with Gasteiger partial charge in [0.25, 0.3) is 5.91 Å². The van der Waals surface area contributed by atoms with E-state index >= 15 is 0 Å². The molecule has 92 valence electrons. The van der Waals surface area contributed by atoms with Crippen LogP contribution in [-0.4, -0.2) is 18.0 Å². The summed E-state index contributed by atoms with van der Waals surface area (Å²) in [7, 11) is 1.48. The van der Waals surface area contributed by atoms with Gasteiger partial charge >= 0.3 is 0 Å². The van der Waals surface area contributed by atoms with E-state index in [2.05, 4.69) is 26.2 Å². The number of halogens is 1. The summed E-state index contributed by atoms with van der Waals surface area (Å²) >= 11 is 3.34. The number of ether oxygens (including phenoxy) is 1. The van der Waals surface area contributed by atoms with Crippen LogP contribution in [0.25, 0.3) is 0 Å². The maximum absolute atomic E-state index is 12.0. The number of aromatic nitrogens is 1. The van der Waals surface area contributed by atoms with Gasteiger partial charge in [-0.3, -0.25) is 4.79 Å². The van der Waals surface area contributed by atoms with Crippen LogP contribution in [0.5, 0.6) is 5.88 Å². The number of anilines is 1. The van der Waals surface area contributed by atoms with Crippen LogP contribution in [-0.2, 0) is 0 Å². The molecule has 0 saturated heterocycles. The molecule has 0 bridgehead atoms. The van der Waals surface area contributed by atoms with Crippen molar-refractivity contribution >= 4 is 27.5 Å². The molecule has 5 heteroatoms. The minimum absolute atomic E-state index is 0.248. The Morgan fingerprint density at radius 2 is 2.00 bits per heavy atom. The lowest BCUT2D eigenvalue weighted by Crippen LogP contribution is -2.13. The second kappa shape index (κ2) is 5.64. The molecule has 2 aromatic rings. The first-order chi connectivity index (χ1) is 8.70. The Morgan fingerprint density at radius 3 is 2.67 bits per heavy atom. The molecular formula is C13H11BrN2O2. The highest BCUT2D eigenvalue weighted by Gasteiger charge is 2.12. The number of pyridine rings is 1. The molecule has 2 rings (SSSR count). The maximum Gasteiger partial charge on any atom is 0.261 e. The fourth-order valence-electron chi connectivity index (χ4n) is 1.46. The van der Waals surface area contributed by atoms with Gasteiger partial charge in [0.15, 0.2) is 0 Å². The summed E-state index contributed by atoms with van der Waals surface area (Å²) in [4.78, 5) is 16.0. The van der Waals surface area contributed by atoms with Crippen LogP contribution < -0.4 is 10.1 Å².